The molecule has 0 saturated carbocycles. The van der Waals surface area contributed by atoms with Crippen LogP contribution < -0.4 is 15.4 Å². The fourth-order valence-corrected chi connectivity index (χ4v) is 3.47. The standard InChI is InChI=1S/C22H25N5O2/c1-29-17-10-8-16(9-11-17)24-21-20(25-18-6-2-3-7-19(18)26-21)22(28)23-12-15-27-13-4-5-14-27/h2-3,6-11H,4-5,12-15H2,1H3,(H,23,28)(H,24,26). The first-order valence-electron chi connectivity index (χ1n) is 9.91. The minimum absolute atomic E-state index is 0.224. The summed E-state index contributed by atoms with van der Waals surface area (Å²) >= 11 is 0. The Kier molecular flexibility index (Phi) is 5.86. The Morgan fingerprint density at radius 3 is 2.41 bits per heavy atom. The van der Waals surface area contributed by atoms with Gasteiger partial charge in [0.1, 0.15) is 5.75 Å². The molecule has 1 amide bonds. The normalized spacial score (nSPS) is 14.1. The van der Waals surface area contributed by atoms with Crippen LogP contribution in [0.15, 0.2) is 48.5 Å². The molecular formula is C22H25N5O2. The third-order valence-electron chi connectivity index (χ3n) is 5.05. The van der Waals surface area contributed by atoms with Crippen molar-refractivity contribution in [3.8, 4) is 5.75 Å². The topological polar surface area (TPSA) is 79.4 Å². The number of carbonyl (C=O) groups is 1. The predicted octanol–water partition coefficient (Wildman–Crippen LogP) is 3.21. The molecule has 1 fully saturated rings. The summed E-state index contributed by atoms with van der Waals surface area (Å²) in [7, 11) is 1.63. The summed E-state index contributed by atoms with van der Waals surface area (Å²) in [5.41, 5.74) is 2.53. The lowest BCUT2D eigenvalue weighted by Gasteiger charge is -2.16. The zero-order chi connectivity index (χ0) is 20.1. The highest BCUT2D eigenvalue weighted by Gasteiger charge is 2.18. The van der Waals surface area contributed by atoms with E-state index in [2.05, 4.69) is 25.5 Å². The molecule has 150 valence electrons. The average Bonchev–Trinajstić information content (AvgIpc) is 3.27. The van der Waals surface area contributed by atoms with E-state index in [-0.39, 0.29) is 5.91 Å². The maximum atomic E-state index is 12.9. The number of amides is 1. The van der Waals surface area contributed by atoms with Crippen molar-refractivity contribution in [1.29, 1.82) is 0 Å². The van der Waals surface area contributed by atoms with Crippen LogP contribution >= 0.6 is 0 Å². The van der Waals surface area contributed by atoms with E-state index in [0.717, 1.165) is 36.6 Å². The number of para-hydroxylation sites is 2. The van der Waals surface area contributed by atoms with Crippen molar-refractivity contribution in [2.45, 2.75) is 12.8 Å². The SMILES string of the molecule is COc1ccc(Nc2nc3ccccc3nc2C(=O)NCCN2CCCC2)cc1. The second kappa shape index (κ2) is 8.87. The maximum absolute atomic E-state index is 12.9. The summed E-state index contributed by atoms with van der Waals surface area (Å²) in [5, 5.41) is 6.22. The molecule has 0 radical (unpaired) electrons. The fraction of sp³-hybridized carbons (Fsp3) is 0.318. The average molecular weight is 391 g/mol. The highest BCUT2D eigenvalue weighted by Crippen LogP contribution is 2.23. The summed E-state index contributed by atoms with van der Waals surface area (Å²) in [5.74, 6) is 0.978. The van der Waals surface area contributed by atoms with E-state index < -0.39 is 0 Å². The molecule has 4 rings (SSSR count). The van der Waals surface area contributed by atoms with Gasteiger partial charge in [-0.25, -0.2) is 9.97 Å². The summed E-state index contributed by atoms with van der Waals surface area (Å²) < 4.78 is 5.20. The zero-order valence-electron chi connectivity index (χ0n) is 16.5. The van der Waals surface area contributed by atoms with Gasteiger partial charge in [0.25, 0.3) is 5.91 Å². The summed E-state index contributed by atoms with van der Waals surface area (Å²) in [4.78, 5) is 24.5. The quantitative estimate of drug-likeness (QED) is 0.644. The van der Waals surface area contributed by atoms with Gasteiger partial charge in [0.2, 0.25) is 0 Å². The van der Waals surface area contributed by atoms with Crippen LogP contribution in [0.3, 0.4) is 0 Å². The van der Waals surface area contributed by atoms with Crippen LogP contribution in [-0.2, 0) is 0 Å². The molecule has 2 N–H and O–H groups in total. The molecule has 0 bridgehead atoms. The van der Waals surface area contributed by atoms with Gasteiger partial charge < -0.3 is 20.3 Å². The van der Waals surface area contributed by atoms with Crippen molar-refractivity contribution in [3.05, 3.63) is 54.2 Å². The van der Waals surface area contributed by atoms with Gasteiger partial charge in [-0.1, -0.05) is 12.1 Å². The number of benzene rings is 2. The largest absolute Gasteiger partial charge is 0.497 e. The third-order valence-corrected chi connectivity index (χ3v) is 5.05. The van der Waals surface area contributed by atoms with Gasteiger partial charge in [0, 0.05) is 18.8 Å². The highest BCUT2D eigenvalue weighted by atomic mass is 16.5. The van der Waals surface area contributed by atoms with Gasteiger partial charge in [-0.05, 0) is 62.3 Å². The number of nitrogens with zero attached hydrogens (tertiary/aromatic N) is 3. The molecule has 1 aliphatic heterocycles. The van der Waals surface area contributed by atoms with E-state index in [1.807, 2.05) is 48.5 Å². The van der Waals surface area contributed by atoms with Gasteiger partial charge in [0.05, 0.1) is 18.1 Å². The number of rotatable bonds is 7. The first kappa shape index (κ1) is 19.1. The molecule has 3 aromatic rings. The number of likely N-dealkylation sites (tertiary alicyclic amines) is 1. The number of hydrogen-bond acceptors (Lipinski definition) is 6. The fourth-order valence-electron chi connectivity index (χ4n) is 3.47. The summed E-state index contributed by atoms with van der Waals surface area (Å²) in [6, 6.07) is 15.0. The van der Waals surface area contributed by atoms with Crippen molar-refractivity contribution in [1.82, 2.24) is 20.2 Å². The van der Waals surface area contributed by atoms with Gasteiger partial charge in [0.15, 0.2) is 11.5 Å². The third kappa shape index (κ3) is 4.63. The summed E-state index contributed by atoms with van der Waals surface area (Å²) in [6.45, 7) is 3.66. The first-order valence-corrected chi connectivity index (χ1v) is 9.91. The Morgan fingerprint density at radius 1 is 1.03 bits per heavy atom. The number of carbonyl (C=O) groups excluding carboxylic acids is 1. The highest BCUT2D eigenvalue weighted by molar-refractivity contribution is 5.99. The maximum Gasteiger partial charge on any atom is 0.273 e. The van der Waals surface area contributed by atoms with E-state index in [4.69, 9.17) is 4.74 Å². The lowest BCUT2D eigenvalue weighted by atomic mass is 10.2. The first-order chi connectivity index (χ1) is 14.2. The molecule has 7 nitrogen and oxygen atoms in total. The predicted molar refractivity (Wildman–Crippen MR) is 114 cm³/mol. The number of fused-ring (bicyclic) bond motifs is 1. The molecule has 1 saturated heterocycles. The number of aromatic nitrogens is 2. The van der Waals surface area contributed by atoms with Crippen molar-refractivity contribution >= 4 is 28.4 Å². The minimum atomic E-state index is -0.224. The van der Waals surface area contributed by atoms with Gasteiger partial charge in [-0.3, -0.25) is 4.79 Å². The van der Waals surface area contributed by atoms with Gasteiger partial charge >= 0.3 is 0 Å². The number of ether oxygens (including phenoxy) is 1. The Hall–Kier alpha value is -3.19. The molecule has 2 heterocycles. The molecule has 0 spiro atoms. The molecule has 1 aromatic heterocycles. The zero-order valence-corrected chi connectivity index (χ0v) is 16.5. The molecule has 0 unspecified atom stereocenters. The van der Waals surface area contributed by atoms with E-state index in [1.165, 1.54) is 12.8 Å². The smallest absolute Gasteiger partial charge is 0.273 e. The van der Waals surface area contributed by atoms with Crippen LogP contribution in [0.4, 0.5) is 11.5 Å². The van der Waals surface area contributed by atoms with Crippen LogP contribution in [0.25, 0.3) is 11.0 Å². The van der Waals surface area contributed by atoms with Gasteiger partial charge in [-0.15, -0.1) is 0 Å². The number of methoxy groups -OCH3 is 1. The van der Waals surface area contributed by atoms with Crippen LogP contribution in [0.5, 0.6) is 5.75 Å². The second-order valence-corrected chi connectivity index (χ2v) is 7.07. The van der Waals surface area contributed by atoms with Gasteiger partial charge in [-0.2, -0.15) is 0 Å². The van der Waals surface area contributed by atoms with Crippen LogP contribution in [0.2, 0.25) is 0 Å². The Labute approximate surface area is 170 Å². The molecular weight excluding hydrogens is 366 g/mol. The van der Waals surface area contributed by atoms with E-state index in [9.17, 15) is 4.79 Å². The monoisotopic (exact) mass is 391 g/mol. The molecule has 29 heavy (non-hydrogen) atoms. The van der Waals surface area contributed by atoms with Crippen molar-refractivity contribution in [2.75, 3.05) is 38.6 Å². The Bertz CT molecular complexity index is 984. The van der Waals surface area contributed by atoms with E-state index in [0.29, 0.717) is 23.6 Å². The Morgan fingerprint density at radius 2 is 1.72 bits per heavy atom. The van der Waals surface area contributed by atoms with Crippen molar-refractivity contribution in [3.63, 3.8) is 0 Å². The Balaban J connectivity index is 1.56. The lowest BCUT2D eigenvalue weighted by Crippen LogP contribution is -2.34. The molecule has 2 aromatic carbocycles. The van der Waals surface area contributed by atoms with Crippen LogP contribution in [0, 0.1) is 0 Å². The summed E-state index contributed by atoms with van der Waals surface area (Å²) in [6.07, 6.45) is 2.47. The molecule has 7 heteroatoms. The second-order valence-electron chi connectivity index (χ2n) is 7.07. The van der Waals surface area contributed by atoms with E-state index in [1.54, 1.807) is 7.11 Å². The number of anilines is 2. The van der Waals surface area contributed by atoms with Crippen molar-refractivity contribution < 1.29 is 9.53 Å². The lowest BCUT2D eigenvalue weighted by molar-refractivity contribution is 0.0946. The van der Waals surface area contributed by atoms with E-state index >= 15 is 0 Å². The minimum Gasteiger partial charge on any atom is -0.497 e. The van der Waals surface area contributed by atoms with Crippen LogP contribution in [-0.4, -0.2) is 54.1 Å². The number of hydrogen-bond donors (Lipinski definition) is 2. The molecule has 0 atom stereocenters. The van der Waals surface area contributed by atoms with Crippen molar-refractivity contribution in [2.24, 2.45) is 0 Å². The molecule has 0 aliphatic carbocycles. The molecule has 1 aliphatic rings. The number of nitrogens with one attached hydrogen (secondary N) is 2. The van der Waals surface area contributed by atoms with Crippen LogP contribution in [0.1, 0.15) is 23.3 Å².